The van der Waals surface area contributed by atoms with Crippen molar-refractivity contribution in [3.63, 3.8) is 0 Å². The Morgan fingerprint density at radius 3 is 0.878 bits per heavy atom. The predicted octanol–water partition coefficient (Wildman–Crippen LogP) is 17.7. The van der Waals surface area contributed by atoms with Gasteiger partial charge in [0.25, 0.3) is 29.5 Å². The first kappa shape index (κ1) is 96.1. The van der Waals surface area contributed by atoms with Crippen LogP contribution in [-0.2, 0) is 14.2 Å². The molecule has 2 saturated heterocycles. The zero-order valence-corrected chi connectivity index (χ0v) is 75.8. The van der Waals surface area contributed by atoms with Gasteiger partial charge in [-0.05, 0) is 237 Å². The van der Waals surface area contributed by atoms with Crippen molar-refractivity contribution in [3.05, 3.63) is 272 Å². The van der Waals surface area contributed by atoms with Crippen LogP contribution in [0.1, 0.15) is 136 Å². The van der Waals surface area contributed by atoms with E-state index in [4.69, 9.17) is 66.6 Å². The molecule has 3 saturated carbocycles. The molecular weight excluding hydrogens is 1780 g/mol. The molecule has 33 nitrogen and oxygen atoms in total. The number of rotatable bonds is 25. The van der Waals surface area contributed by atoms with E-state index in [0.29, 0.717) is 167 Å². The lowest BCUT2D eigenvalue weighted by Crippen LogP contribution is -2.33. The van der Waals surface area contributed by atoms with Crippen LogP contribution in [0.5, 0.6) is 29.4 Å². The summed E-state index contributed by atoms with van der Waals surface area (Å²) in [5.74, 6) is 0.859. The number of ether oxygens (including phenoxy) is 8. The molecule has 2 aliphatic heterocycles. The van der Waals surface area contributed by atoms with E-state index >= 15 is 0 Å². The highest BCUT2D eigenvalue weighted by atomic mass is 19.1. The first-order chi connectivity index (χ1) is 67.7. The number of nitrogen functional groups attached to an aromatic ring is 5. The fraction of sp³-hybridized carbons (Fsp3) is 0.272. The molecule has 0 bridgehead atoms. The number of amides is 5. The number of nitrogens with one attached hydrogen (secondary N) is 5. The summed E-state index contributed by atoms with van der Waals surface area (Å²) in [6, 6.07) is 46.1. The lowest BCUT2D eigenvalue weighted by atomic mass is 10.1. The third-order valence-corrected chi connectivity index (χ3v) is 24.0. The van der Waals surface area contributed by atoms with Gasteiger partial charge in [-0.2, -0.15) is 0 Å². The minimum absolute atomic E-state index is 0.0986. The second-order valence-corrected chi connectivity index (χ2v) is 33.9. The van der Waals surface area contributed by atoms with E-state index in [-0.39, 0.29) is 81.3 Å². The van der Waals surface area contributed by atoms with Gasteiger partial charge in [-0.1, -0.05) is 38.5 Å². The minimum Gasteiger partial charge on any atom is -0.477 e. The number of hydrogen-bond acceptors (Lipinski definition) is 28. The molecule has 0 spiro atoms. The van der Waals surface area contributed by atoms with Gasteiger partial charge in [0.15, 0.2) is 28.5 Å². The van der Waals surface area contributed by atoms with Crippen molar-refractivity contribution in [1.82, 2.24) is 49.8 Å². The van der Waals surface area contributed by atoms with Gasteiger partial charge in [-0.25, -0.2) is 63.0 Å². The summed E-state index contributed by atoms with van der Waals surface area (Å²) >= 11 is 0. The molecule has 5 aromatic carbocycles. The summed E-state index contributed by atoms with van der Waals surface area (Å²) in [5, 5.41) is 20.0. The highest BCUT2D eigenvalue weighted by Gasteiger charge is 2.26. The van der Waals surface area contributed by atoms with Crippen LogP contribution in [0.4, 0.5) is 70.0 Å². The van der Waals surface area contributed by atoms with Gasteiger partial charge in [-0.15, -0.1) is 0 Å². The summed E-state index contributed by atoms with van der Waals surface area (Å²) in [6.07, 6.45) is 30.0. The number of carbonyl (C=O) groups is 5. The van der Waals surface area contributed by atoms with Crippen LogP contribution < -0.4 is 78.9 Å². The van der Waals surface area contributed by atoms with Gasteiger partial charge in [-0.3, -0.25) is 24.0 Å². The molecule has 2 atom stereocenters. The largest absolute Gasteiger partial charge is 0.477 e. The summed E-state index contributed by atoms with van der Waals surface area (Å²) < 4.78 is 88.6. The first-order valence-electron chi connectivity index (χ1n) is 45.8. The molecule has 36 heteroatoms. The second kappa shape index (κ2) is 46.4. The van der Waals surface area contributed by atoms with Gasteiger partial charge in [0, 0.05) is 127 Å². The van der Waals surface area contributed by atoms with Crippen molar-refractivity contribution in [2.75, 3.05) is 121 Å². The number of aromatic nitrogens is 10. The molecule has 12 heterocycles. The Labute approximate surface area is 796 Å². The molecule has 2 unspecified atom stereocenters. The zero-order valence-electron chi connectivity index (χ0n) is 75.8. The van der Waals surface area contributed by atoms with E-state index < -0.39 is 35.2 Å². The van der Waals surface area contributed by atoms with Crippen molar-refractivity contribution in [1.29, 1.82) is 0 Å². The fourth-order valence-corrected chi connectivity index (χ4v) is 16.6. The van der Waals surface area contributed by atoms with Crippen LogP contribution in [0, 0.1) is 41.1 Å². The molecule has 5 aliphatic rings. The molecule has 15 N–H and O–H groups in total. The lowest BCUT2D eigenvalue weighted by molar-refractivity contribution is -0.101. The van der Waals surface area contributed by atoms with Crippen LogP contribution >= 0.6 is 0 Å². The number of nitrogens with two attached hydrogens (primary N) is 5. The van der Waals surface area contributed by atoms with Crippen molar-refractivity contribution in [2.45, 2.75) is 89.6 Å². The van der Waals surface area contributed by atoms with Gasteiger partial charge < -0.3 is 93.1 Å². The summed E-state index contributed by atoms with van der Waals surface area (Å²) in [5.41, 5.74) is 33.8. The molecule has 3 aliphatic carbocycles. The molecule has 20 rings (SSSR count). The molecule has 5 fully saturated rings. The summed E-state index contributed by atoms with van der Waals surface area (Å²) in [7, 11) is 0. The third kappa shape index (κ3) is 25.2. The maximum Gasteiger partial charge on any atom is 0.276 e. The van der Waals surface area contributed by atoms with Crippen LogP contribution in [0.3, 0.4) is 0 Å². The van der Waals surface area contributed by atoms with E-state index in [1.54, 1.807) is 128 Å². The standard InChI is InChI=1S/C21H21FN4O2.2C21H22N4O2.C20H19FN4O4.C20H19FN4O3/c22-17-11-25-21(28-12-13-4-1-2-5-13)15-8-7-14(10-16(15)17)26-20(27)19-18(23)6-3-9-24-19;2*22-18-6-3-10-23-19(18)20(26)25-16-7-8-17-15(12-16)9-11-24-21(17)27-13-14-4-1-2-5-14;21-16-9-24-20(29-11-13-10-27-6-7-28-13)14-4-3-12(8-15(14)16)25-19(26)18-17(22)2-1-5-23-18;21-16-9-24-20(28-11-12-5-7-27-10-12)14-4-3-13(8-15(14)16)25-19(26)18-17(22)2-1-6-23-18/h3,6-11,13H,1-2,4-5,12,23H2,(H,26,27);2*3,6-12,14H,1-2,4-5,13,22H2,(H,25,26);1-5,8-9,13H,6-7,10-11,22H2,(H,25,26);1-4,6,8-9,12H,5,7,10-11,22H2,(H,25,26). The van der Waals surface area contributed by atoms with Gasteiger partial charge in [0.2, 0.25) is 29.4 Å². The quantitative estimate of drug-likeness (QED) is 0.0254. The smallest absolute Gasteiger partial charge is 0.276 e. The molecule has 10 aromatic heterocycles. The minimum atomic E-state index is -0.530. The Morgan fingerprint density at radius 2 is 0.583 bits per heavy atom. The predicted molar refractivity (Wildman–Crippen MR) is 524 cm³/mol. The normalized spacial score (nSPS) is 15.2. The van der Waals surface area contributed by atoms with Crippen LogP contribution in [-0.4, -0.2) is 152 Å². The average molecular weight is 1890 g/mol. The highest BCUT2D eigenvalue weighted by molar-refractivity contribution is 6.11. The zero-order chi connectivity index (χ0) is 96.5. The third-order valence-electron chi connectivity index (χ3n) is 24.0. The van der Waals surface area contributed by atoms with E-state index in [2.05, 4.69) is 76.4 Å². The number of carbonyl (C=O) groups excluding carboxylic acids is 5. The van der Waals surface area contributed by atoms with Gasteiger partial charge in [0.1, 0.15) is 30.2 Å². The number of anilines is 10. The SMILES string of the molecule is Nc1cccnc1C(=O)Nc1ccc2c(OCC3CCCC3)ncc(F)c2c1.Nc1cccnc1C(=O)Nc1ccc2c(OCC3CCCC3)nccc2c1.Nc1cccnc1C(=O)Nc1ccc2c(OCC3CCCC3)nccc2c1.Nc1cccnc1C(=O)Nc1ccc2c(OCC3CCOC3)ncc(F)c2c1.Nc1cccnc1C(=O)Nc1ccc2c(OCC3COCCO3)ncc(F)c2c1. The van der Waals surface area contributed by atoms with Gasteiger partial charge in [0.05, 0.1) is 99.9 Å². The molecule has 15 aromatic rings. The average Bonchev–Trinajstić information content (AvgIpc) is 1.16. The Bertz CT molecular complexity index is 6580. The number of benzene rings is 5. The molecule has 5 amide bonds. The maximum absolute atomic E-state index is 14.4. The number of pyridine rings is 10. The van der Waals surface area contributed by atoms with E-state index in [0.717, 1.165) is 66.0 Å². The van der Waals surface area contributed by atoms with Crippen molar-refractivity contribution in [2.24, 2.45) is 23.7 Å². The number of halogens is 3. The number of hydrogen-bond donors (Lipinski definition) is 10. The molecule has 714 valence electrons. The first-order valence-corrected chi connectivity index (χ1v) is 45.8. The molecular formula is C103H103F3N20O13. The monoisotopic (exact) mass is 1880 g/mol. The van der Waals surface area contributed by atoms with Gasteiger partial charge >= 0.3 is 0 Å². The maximum atomic E-state index is 14.4. The van der Waals surface area contributed by atoms with E-state index in [9.17, 15) is 37.1 Å². The summed E-state index contributed by atoms with van der Waals surface area (Å²) in [6.45, 7) is 5.62. The second-order valence-electron chi connectivity index (χ2n) is 33.9. The highest BCUT2D eigenvalue weighted by Crippen LogP contribution is 2.37. The lowest BCUT2D eigenvalue weighted by Gasteiger charge is -2.23. The Hall–Kier alpha value is -16.1. The number of fused-ring (bicyclic) bond motifs is 5. The van der Waals surface area contributed by atoms with Crippen LogP contribution in [0.25, 0.3) is 53.9 Å². The Morgan fingerprint density at radius 1 is 0.295 bits per heavy atom. The Balaban J connectivity index is 0.000000125. The van der Waals surface area contributed by atoms with E-state index in [1.807, 2.05) is 48.5 Å². The molecule has 0 radical (unpaired) electrons. The summed E-state index contributed by atoms with van der Waals surface area (Å²) in [4.78, 5) is 103. The fourth-order valence-electron chi connectivity index (χ4n) is 16.6. The van der Waals surface area contributed by atoms with Crippen LogP contribution in [0.15, 0.2) is 226 Å². The molecule has 139 heavy (non-hydrogen) atoms. The van der Waals surface area contributed by atoms with E-state index in [1.165, 1.54) is 94.9 Å². The topological polar surface area (TPSA) is 478 Å². The number of nitrogens with zero attached hydrogens (tertiary/aromatic N) is 10. The van der Waals surface area contributed by atoms with Crippen molar-refractivity contribution >= 4 is 140 Å². The van der Waals surface area contributed by atoms with Crippen LogP contribution in [0.2, 0.25) is 0 Å². The Kier molecular flexibility index (Phi) is 32.1. The van der Waals surface area contributed by atoms with Crippen molar-refractivity contribution in [3.8, 4) is 29.4 Å². The van der Waals surface area contributed by atoms with Crippen molar-refractivity contribution < 1.29 is 75.0 Å².